The van der Waals surface area contributed by atoms with Gasteiger partial charge in [-0.1, -0.05) is 19.9 Å². The summed E-state index contributed by atoms with van der Waals surface area (Å²) >= 11 is 0. The standard InChI is InChI=1S/C12H18FN/c1-9(2)6-10-4-5-12(13)7-11(10)8-14-3/h4-5,7,9,14H,6,8H2,1-3H3. The maximum absolute atomic E-state index is 13.0. The predicted molar refractivity (Wildman–Crippen MR) is 57.7 cm³/mol. The zero-order valence-electron chi connectivity index (χ0n) is 9.10. The first-order valence-corrected chi connectivity index (χ1v) is 5.05. The van der Waals surface area contributed by atoms with Crippen LogP contribution in [0, 0.1) is 11.7 Å². The van der Waals surface area contributed by atoms with E-state index in [4.69, 9.17) is 0 Å². The van der Waals surface area contributed by atoms with Crippen LogP contribution < -0.4 is 5.32 Å². The molecule has 1 aromatic rings. The van der Waals surface area contributed by atoms with Crippen LogP contribution in [-0.2, 0) is 13.0 Å². The SMILES string of the molecule is CNCc1cc(F)ccc1CC(C)C. The van der Waals surface area contributed by atoms with E-state index in [9.17, 15) is 4.39 Å². The van der Waals surface area contributed by atoms with Crippen molar-refractivity contribution in [3.63, 3.8) is 0 Å². The lowest BCUT2D eigenvalue weighted by molar-refractivity contribution is 0.611. The fourth-order valence-electron chi connectivity index (χ4n) is 1.59. The fraction of sp³-hybridized carbons (Fsp3) is 0.500. The Morgan fingerprint density at radius 2 is 2.00 bits per heavy atom. The number of hydrogen-bond donors (Lipinski definition) is 1. The monoisotopic (exact) mass is 195 g/mol. The maximum Gasteiger partial charge on any atom is 0.123 e. The first-order chi connectivity index (χ1) is 6.63. The molecule has 2 heteroatoms. The maximum atomic E-state index is 13.0. The molecule has 0 radical (unpaired) electrons. The van der Waals surface area contributed by atoms with Crippen molar-refractivity contribution in [1.29, 1.82) is 0 Å². The van der Waals surface area contributed by atoms with Crippen LogP contribution in [0.4, 0.5) is 4.39 Å². The molecular formula is C12H18FN. The summed E-state index contributed by atoms with van der Waals surface area (Å²) in [4.78, 5) is 0. The Kier molecular flexibility index (Phi) is 4.08. The van der Waals surface area contributed by atoms with Crippen LogP contribution in [0.25, 0.3) is 0 Å². The van der Waals surface area contributed by atoms with E-state index in [0.29, 0.717) is 5.92 Å². The number of hydrogen-bond acceptors (Lipinski definition) is 1. The largest absolute Gasteiger partial charge is 0.316 e. The molecule has 0 aromatic heterocycles. The van der Waals surface area contributed by atoms with Crippen LogP contribution in [0.5, 0.6) is 0 Å². The Labute approximate surface area is 85.3 Å². The number of benzene rings is 1. The second kappa shape index (κ2) is 5.11. The van der Waals surface area contributed by atoms with Gasteiger partial charge in [0.1, 0.15) is 5.82 Å². The minimum Gasteiger partial charge on any atom is -0.316 e. The Bertz CT molecular complexity index is 294. The van der Waals surface area contributed by atoms with E-state index in [0.717, 1.165) is 18.5 Å². The average molecular weight is 195 g/mol. The third kappa shape index (κ3) is 3.11. The lowest BCUT2D eigenvalue weighted by Crippen LogP contribution is -2.09. The first-order valence-electron chi connectivity index (χ1n) is 5.05. The average Bonchev–Trinajstić information content (AvgIpc) is 2.09. The summed E-state index contributed by atoms with van der Waals surface area (Å²) in [5.41, 5.74) is 2.32. The van der Waals surface area contributed by atoms with Crippen molar-refractivity contribution in [2.75, 3.05) is 7.05 Å². The van der Waals surface area contributed by atoms with Crippen LogP contribution in [0.2, 0.25) is 0 Å². The zero-order valence-corrected chi connectivity index (χ0v) is 9.10. The molecule has 1 rings (SSSR count). The van der Waals surface area contributed by atoms with E-state index in [1.54, 1.807) is 6.07 Å². The quantitative estimate of drug-likeness (QED) is 0.779. The Morgan fingerprint density at radius 3 is 2.57 bits per heavy atom. The summed E-state index contributed by atoms with van der Waals surface area (Å²) in [5.74, 6) is 0.457. The van der Waals surface area contributed by atoms with E-state index >= 15 is 0 Å². The molecular weight excluding hydrogens is 177 g/mol. The van der Waals surface area contributed by atoms with Crippen molar-refractivity contribution in [3.05, 3.63) is 35.1 Å². The van der Waals surface area contributed by atoms with E-state index in [1.807, 2.05) is 13.1 Å². The highest BCUT2D eigenvalue weighted by atomic mass is 19.1. The predicted octanol–water partition coefficient (Wildman–Crippen LogP) is 2.74. The molecule has 14 heavy (non-hydrogen) atoms. The van der Waals surface area contributed by atoms with Crippen molar-refractivity contribution < 1.29 is 4.39 Å². The van der Waals surface area contributed by atoms with Crippen molar-refractivity contribution in [2.45, 2.75) is 26.8 Å². The molecule has 0 aliphatic heterocycles. The van der Waals surface area contributed by atoms with Crippen molar-refractivity contribution in [1.82, 2.24) is 5.32 Å². The molecule has 78 valence electrons. The lowest BCUT2D eigenvalue weighted by atomic mass is 9.98. The van der Waals surface area contributed by atoms with Crippen molar-refractivity contribution in [3.8, 4) is 0 Å². The summed E-state index contributed by atoms with van der Waals surface area (Å²) in [6.07, 6.45) is 1.01. The highest BCUT2D eigenvalue weighted by molar-refractivity contribution is 5.28. The van der Waals surface area contributed by atoms with Gasteiger partial charge in [0.15, 0.2) is 0 Å². The molecule has 0 unspecified atom stereocenters. The van der Waals surface area contributed by atoms with Gasteiger partial charge in [-0.25, -0.2) is 4.39 Å². The minimum absolute atomic E-state index is 0.150. The minimum atomic E-state index is -0.150. The molecule has 0 saturated carbocycles. The number of nitrogens with one attached hydrogen (secondary N) is 1. The number of halogens is 1. The first kappa shape index (κ1) is 11.2. The second-order valence-electron chi connectivity index (χ2n) is 4.04. The molecule has 0 fully saturated rings. The molecule has 0 bridgehead atoms. The Balaban J connectivity index is 2.89. The fourth-order valence-corrected chi connectivity index (χ4v) is 1.59. The summed E-state index contributed by atoms with van der Waals surface area (Å²) in [6.45, 7) is 5.08. The number of rotatable bonds is 4. The van der Waals surface area contributed by atoms with Gasteiger partial charge in [0.2, 0.25) is 0 Å². The van der Waals surface area contributed by atoms with Gasteiger partial charge in [-0.3, -0.25) is 0 Å². The van der Waals surface area contributed by atoms with E-state index < -0.39 is 0 Å². The van der Waals surface area contributed by atoms with Crippen LogP contribution in [0.3, 0.4) is 0 Å². The Hall–Kier alpha value is -0.890. The van der Waals surface area contributed by atoms with Crippen molar-refractivity contribution in [2.24, 2.45) is 5.92 Å². The topological polar surface area (TPSA) is 12.0 Å². The molecule has 0 aliphatic rings. The molecule has 1 aromatic carbocycles. The van der Waals surface area contributed by atoms with Crippen LogP contribution >= 0.6 is 0 Å². The van der Waals surface area contributed by atoms with Crippen molar-refractivity contribution >= 4 is 0 Å². The van der Waals surface area contributed by atoms with Gasteiger partial charge in [0, 0.05) is 6.54 Å². The molecule has 0 aliphatic carbocycles. The lowest BCUT2D eigenvalue weighted by Gasteiger charge is -2.11. The molecule has 0 heterocycles. The normalized spacial score (nSPS) is 10.9. The molecule has 0 atom stereocenters. The van der Waals surface area contributed by atoms with Crippen LogP contribution in [0.1, 0.15) is 25.0 Å². The molecule has 0 amide bonds. The van der Waals surface area contributed by atoms with Gasteiger partial charge in [0.25, 0.3) is 0 Å². The summed E-state index contributed by atoms with van der Waals surface area (Å²) < 4.78 is 13.0. The van der Waals surface area contributed by atoms with Gasteiger partial charge in [0.05, 0.1) is 0 Å². The molecule has 0 spiro atoms. The molecule has 0 saturated heterocycles. The summed E-state index contributed by atoms with van der Waals surface area (Å²) in [5, 5.41) is 3.06. The van der Waals surface area contributed by atoms with Gasteiger partial charge in [-0.05, 0) is 42.6 Å². The smallest absolute Gasteiger partial charge is 0.123 e. The van der Waals surface area contributed by atoms with Gasteiger partial charge in [-0.2, -0.15) is 0 Å². The van der Waals surface area contributed by atoms with Crippen LogP contribution in [0.15, 0.2) is 18.2 Å². The van der Waals surface area contributed by atoms with Gasteiger partial charge >= 0.3 is 0 Å². The van der Waals surface area contributed by atoms with Crippen LogP contribution in [-0.4, -0.2) is 7.05 Å². The highest BCUT2D eigenvalue weighted by Gasteiger charge is 2.05. The Morgan fingerprint density at radius 1 is 1.29 bits per heavy atom. The molecule has 1 nitrogen and oxygen atoms in total. The van der Waals surface area contributed by atoms with E-state index in [1.165, 1.54) is 11.6 Å². The van der Waals surface area contributed by atoms with Gasteiger partial charge < -0.3 is 5.32 Å². The second-order valence-corrected chi connectivity index (χ2v) is 4.04. The third-order valence-electron chi connectivity index (χ3n) is 2.16. The molecule has 1 N–H and O–H groups in total. The van der Waals surface area contributed by atoms with E-state index in [2.05, 4.69) is 19.2 Å². The summed E-state index contributed by atoms with van der Waals surface area (Å²) in [6, 6.07) is 5.05. The highest BCUT2D eigenvalue weighted by Crippen LogP contribution is 2.15. The van der Waals surface area contributed by atoms with E-state index in [-0.39, 0.29) is 5.82 Å². The zero-order chi connectivity index (χ0) is 10.6. The summed E-state index contributed by atoms with van der Waals surface area (Å²) in [7, 11) is 1.88. The third-order valence-corrected chi connectivity index (χ3v) is 2.16. The van der Waals surface area contributed by atoms with Gasteiger partial charge in [-0.15, -0.1) is 0 Å².